The van der Waals surface area contributed by atoms with Gasteiger partial charge in [-0.25, -0.2) is 4.79 Å². The Kier molecular flexibility index (Phi) is 8.18. The van der Waals surface area contributed by atoms with E-state index >= 15 is 0 Å². The van der Waals surface area contributed by atoms with E-state index in [1.54, 1.807) is 36.0 Å². The number of ether oxygens (including phenoxy) is 1. The summed E-state index contributed by atoms with van der Waals surface area (Å²) in [5.74, 6) is -0.158. The van der Waals surface area contributed by atoms with Crippen molar-refractivity contribution >= 4 is 35.4 Å². The third-order valence-corrected chi connectivity index (χ3v) is 4.44. The van der Waals surface area contributed by atoms with Crippen molar-refractivity contribution in [2.75, 3.05) is 31.3 Å². The van der Waals surface area contributed by atoms with E-state index in [2.05, 4.69) is 20.7 Å². The van der Waals surface area contributed by atoms with E-state index in [1.807, 2.05) is 30.3 Å². The summed E-state index contributed by atoms with van der Waals surface area (Å²) in [7, 11) is 1.25. The maximum Gasteiger partial charge on any atom is 0.325 e. The molecule has 3 amide bonds. The molecule has 0 aliphatic heterocycles. The highest BCUT2D eigenvalue weighted by Crippen LogP contribution is 2.15. The van der Waals surface area contributed by atoms with Crippen molar-refractivity contribution in [1.82, 2.24) is 10.6 Å². The summed E-state index contributed by atoms with van der Waals surface area (Å²) in [6.07, 6.45) is 0. The first-order valence-electron chi connectivity index (χ1n) is 8.26. The van der Waals surface area contributed by atoms with Gasteiger partial charge in [-0.3, -0.25) is 9.59 Å². The molecule has 0 saturated heterocycles. The van der Waals surface area contributed by atoms with Crippen molar-refractivity contribution in [2.24, 2.45) is 0 Å². The van der Waals surface area contributed by atoms with E-state index in [0.717, 1.165) is 10.6 Å². The van der Waals surface area contributed by atoms with Gasteiger partial charge >= 0.3 is 12.0 Å². The summed E-state index contributed by atoms with van der Waals surface area (Å²) in [6, 6.07) is 16.0. The molecule has 142 valence electrons. The molecule has 2 aromatic carbocycles. The highest BCUT2D eigenvalue weighted by Gasteiger charge is 2.08. The van der Waals surface area contributed by atoms with Gasteiger partial charge in [-0.15, -0.1) is 11.8 Å². The molecule has 0 aromatic heterocycles. The predicted octanol–water partition coefficient (Wildman–Crippen LogP) is 2.50. The largest absolute Gasteiger partial charge is 0.468 e. The Labute approximate surface area is 161 Å². The van der Waals surface area contributed by atoms with E-state index in [4.69, 9.17) is 0 Å². The van der Waals surface area contributed by atoms with E-state index in [-0.39, 0.29) is 12.6 Å². The number of hydrogen-bond acceptors (Lipinski definition) is 5. The molecule has 7 nitrogen and oxygen atoms in total. The number of anilines is 1. The van der Waals surface area contributed by atoms with Crippen molar-refractivity contribution in [3.63, 3.8) is 0 Å². The van der Waals surface area contributed by atoms with E-state index in [1.165, 1.54) is 7.11 Å². The fraction of sp³-hybridized carbons (Fsp3) is 0.211. The van der Waals surface area contributed by atoms with Crippen LogP contribution in [0.15, 0.2) is 59.5 Å². The Hall–Kier alpha value is -3.00. The highest BCUT2D eigenvalue weighted by atomic mass is 32.2. The van der Waals surface area contributed by atoms with Crippen LogP contribution in [0, 0.1) is 0 Å². The summed E-state index contributed by atoms with van der Waals surface area (Å²) in [5, 5.41) is 7.92. The first-order valence-corrected chi connectivity index (χ1v) is 9.25. The number of carbonyl (C=O) groups excluding carboxylic acids is 3. The Bertz CT molecular complexity index is 766. The molecule has 0 fully saturated rings. The normalized spacial score (nSPS) is 9.96. The minimum atomic E-state index is -0.524. The molecule has 0 saturated carbocycles. The number of hydrogen-bond donors (Lipinski definition) is 3. The van der Waals surface area contributed by atoms with Gasteiger partial charge in [0.2, 0.25) is 0 Å². The topological polar surface area (TPSA) is 96.5 Å². The number of rotatable bonds is 8. The van der Waals surface area contributed by atoms with Crippen LogP contribution in [0.2, 0.25) is 0 Å². The molecular weight excluding hydrogens is 366 g/mol. The van der Waals surface area contributed by atoms with Gasteiger partial charge in [0.15, 0.2) is 0 Å². The Morgan fingerprint density at radius 2 is 1.67 bits per heavy atom. The maximum atomic E-state index is 11.9. The molecular formula is C19H21N3O4S. The van der Waals surface area contributed by atoms with Crippen LogP contribution >= 0.6 is 11.8 Å². The Morgan fingerprint density at radius 3 is 2.33 bits per heavy atom. The summed E-state index contributed by atoms with van der Waals surface area (Å²) in [6.45, 7) is 0.331. The molecule has 3 N–H and O–H groups in total. The number of benzene rings is 2. The molecule has 0 aliphatic carbocycles. The minimum Gasteiger partial charge on any atom is -0.468 e. The van der Waals surface area contributed by atoms with E-state index < -0.39 is 11.9 Å². The second kappa shape index (κ2) is 10.9. The second-order valence-corrected chi connectivity index (χ2v) is 6.55. The van der Waals surface area contributed by atoms with E-state index in [0.29, 0.717) is 17.8 Å². The van der Waals surface area contributed by atoms with Gasteiger partial charge in [-0.05, 0) is 36.4 Å². The van der Waals surface area contributed by atoms with Crippen molar-refractivity contribution in [3.05, 3.63) is 60.2 Å². The molecule has 0 unspecified atom stereocenters. The number of amides is 3. The number of methoxy groups -OCH3 is 1. The Morgan fingerprint density at radius 1 is 0.963 bits per heavy atom. The minimum absolute atomic E-state index is 0.196. The number of urea groups is 1. The number of carbonyl (C=O) groups is 3. The summed E-state index contributed by atoms with van der Waals surface area (Å²) < 4.78 is 4.46. The monoisotopic (exact) mass is 387 g/mol. The summed E-state index contributed by atoms with van der Waals surface area (Å²) >= 11 is 1.66. The quantitative estimate of drug-likeness (QED) is 0.367. The van der Waals surface area contributed by atoms with Crippen molar-refractivity contribution in [1.29, 1.82) is 0 Å². The maximum absolute atomic E-state index is 11.9. The van der Waals surface area contributed by atoms with Gasteiger partial charge in [-0.2, -0.15) is 0 Å². The third-order valence-electron chi connectivity index (χ3n) is 3.43. The second-order valence-electron chi connectivity index (χ2n) is 5.38. The van der Waals surface area contributed by atoms with Gasteiger partial charge in [0, 0.05) is 28.4 Å². The molecule has 0 heterocycles. The fourth-order valence-corrected chi connectivity index (χ4v) is 2.85. The van der Waals surface area contributed by atoms with Crippen LogP contribution in [0.1, 0.15) is 10.4 Å². The lowest BCUT2D eigenvalue weighted by Gasteiger charge is -2.08. The number of thioether (sulfide) groups is 1. The molecule has 0 bridgehead atoms. The molecule has 2 aromatic rings. The van der Waals surface area contributed by atoms with Gasteiger partial charge in [0.25, 0.3) is 5.91 Å². The van der Waals surface area contributed by atoms with Crippen LogP contribution in [0.4, 0.5) is 10.5 Å². The molecule has 2 rings (SSSR count). The van der Waals surface area contributed by atoms with Crippen LogP contribution in [-0.4, -0.2) is 43.9 Å². The molecule has 27 heavy (non-hydrogen) atoms. The molecule has 0 spiro atoms. The van der Waals surface area contributed by atoms with Crippen LogP contribution in [0.25, 0.3) is 0 Å². The lowest BCUT2D eigenvalue weighted by molar-refractivity contribution is -0.139. The predicted molar refractivity (Wildman–Crippen MR) is 105 cm³/mol. The van der Waals surface area contributed by atoms with E-state index in [9.17, 15) is 14.4 Å². The number of esters is 1. The van der Waals surface area contributed by atoms with Gasteiger partial charge in [0.1, 0.15) is 6.54 Å². The van der Waals surface area contributed by atoms with Crippen molar-refractivity contribution in [3.8, 4) is 0 Å². The fourth-order valence-electron chi connectivity index (χ4n) is 2.06. The van der Waals surface area contributed by atoms with Crippen LogP contribution in [0.3, 0.4) is 0 Å². The standard InChI is InChI=1S/C19H21N3O4S/c1-26-17(23)13-21-18(24)14-7-9-15(10-8-14)22-19(25)20-11-12-27-16-5-3-2-4-6-16/h2-10H,11-13H2,1H3,(H,21,24)(H2,20,22,25). The van der Waals surface area contributed by atoms with Crippen molar-refractivity contribution < 1.29 is 19.1 Å². The molecule has 0 radical (unpaired) electrons. The first kappa shape index (κ1) is 20.3. The number of nitrogens with one attached hydrogen (secondary N) is 3. The third kappa shape index (κ3) is 7.41. The molecule has 0 aliphatic rings. The lowest BCUT2D eigenvalue weighted by atomic mass is 10.2. The zero-order valence-corrected chi connectivity index (χ0v) is 15.7. The zero-order chi connectivity index (χ0) is 19.5. The smallest absolute Gasteiger partial charge is 0.325 e. The summed E-state index contributed by atoms with van der Waals surface area (Å²) in [4.78, 5) is 35.9. The Balaban J connectivity index is 1.71. The SMILES string of the molecule is COC(=O)CNC(=O)c1ccc(NC(=O)NCCSc2ccccc2)cc1. The van der Waals surface area contributed by atoms with Gasteiger partial charge in [-0.1, -0.05) is 18.2 Å². The van der Waals surface area contributed by atoms with Crippen LogP contribution < -0.4 is 16.0 Å². The van der Waals surface area contributed by atoms with Gasteiger partial charge < -0.3 is 20.7 Å². The lowest BCUT2D eigenvalue weighted by Crippen LogP contribution is -2.31. The summed E-state index contributed by atoms with van der Waals surface area (Å²) in [5.41, 5.74) is 0.942. The molecule has 0 atom stereocenters. The highest BCUT2D eigenvalue weighted by molar-refractivity contribution is 7.99. The van der Waals surface area contributed by atoms with Crippen LogP contribution in [-0.2, 0) is 9.53 Å². The van der Waals surface area contributed by atoms with Gasteiger partial charge in [0.05, 0.1) is 7.11 Å². The average Bonchev–Trinajstić information content (AvgIpc) is 2.70. The zero-order valence-electron chi connectivity index (χ0n) is 14.9. The molecule has 8 heteroatoms. The first-order chi connectivity index (χ1) is 13.1. The van der Waals surface area contributed by atoms with Crippen molar-refractivity contribution in [2.45, 2.75) is 4.90 Å². The average molecular weight is 387 g/mol. The van der Waals surface area contributed by atoms with Crippen LogP contribution in [0.5, 0.6) is 0 Å².